The molecule has 2 unspecified atom stereocenters. The fourth-order valence-electron chi connectivity index (χ4n) is 4.32. The lowest BCUT2D eigenvalue weighted by molar-refractivity contribution is -0.145. The molecule has 0 aromatic carbocycles. The van der Waals surface area contributed by atoms with E-state index in [4.69, 9.17) is 0 Å². The van der Waals surface area contributed by atoms with Crippen LogP contribution in [0.5, 0.6) is 0 Å². The highest BCUT2D eigenvalue weighted by Gasteiger charge is 2.45. The second-order valence-electron chi connectivity index (χ2n) is 7.34. The van der Waals surface area contributed by atoms with Gasteiger partial charge in [-0.05, 0) is 30.7 Å². The molecule has 6 rings (SSSR count). The maximum Gasteiger partial charge on any atom is 0.309 e. The van der Waals surface area contributed by atoms with Crippen LogP contribution in [0.2, 0.25) is 0 Å². The van der Waals surface area contributed by atoms with E-state index in [1.807, 2.05) is 12.2 Å². The van der Waals surface area contributed by atoms with Gasteiger partial charge in [0.15, 0.2) is 23.1 Å². The topological polar surface area (TPSA) is 117 Å². The maximum atomic E-state index is 14.5. The van der Waals surface area contributed by atoms with E-state index in [0.717, 1.165) is 25.2 Å². The first-order valence-electron chi connectivity index (χ1n) is 9.21. The van der Waals surface area contributed by atoms with E-state index in [1.165, 1.54) is 6.07 Å². The van der Waals surface area contributed by atoms with Gasteiger partial charge in [0.05, 0.1) is 23.7 Å². The van der Waals surface area contributed by atoms with Crippen molar-refractivity contribution in [3.8, 4) is 11.5 Å². The molecule has 3 aromatic heterocycles. The van der Waals surface area contributed by atoms with Gasteiger partial charge in [0.2, 0.25) is 0 Å². The van der Waals surface area contributed by atoms with Crippen molar-refractivity contribution in [1.29, 1.82) is 0 Å². The number of nitrogens with zero attached hydrogens (tertiary/aromatic N) is 4. The Bertz CT molecular complexity index is 1150. The molecule has 29 heavy (non-hydrogen) atoms. The van der Waals surface area contributed by atoms with Crippen molar-refractivity contribution in [2.75, 3.05) is 5.32 Å². The van der Waals surface area contributed by atoms with Crippen LogP contribution in [-0.4, -0.2) is 42.3 Å². The Morgan fingerprint density at radius 3 is 2.72 bits per heavy atom. The van der Waals surface area contributed by atoms with Gasteiger partial charge >= 0.3 is 5.97 Å². The predicted octanol–water partition coefficient (Wildman–Crippen LogP) is 2.77. The van der Waals surface area contributed by atoms with Crippen LogP contribution in [0.15, 0.2) is 30.6 Å². The lowest BCUT2D eigenvalue weighted by Crippen LogP contribution is -2.49. The molecule has 3 N–H and O–H groups in total. The monoisotopic (exact) mass is 398 g/mol. The first-order chi connectivity index (χ1) is 14.0. The molecule has 10 heteroatoms. The van der Waals surface area contributed by atoms with E-state index >= 15 is 0 Å². The molecule has 1 saturated carbocycles. The Kier molecular flexibility index (Phi) is 4.00. The summed E-state index contributed by atoms with van der Waals surface area (Å²) in [4.78, 5) is 23.9. The number of aromatic amines is 1. The van der Waals surface area contributed by atoms with Crippen molar-refractivity contribution in [1.82, 2.24) is 25.1 Å². The molecule has 0 amide bonds. The van der Waals surface area contributed by atoms with E-state index in [1.54, 1.807) is 0 Å². The van der Waals surface area contributed by atoms with Gasteiger partial charge in [-0.25, -0.2) is 23.7 Å². The normalized spacial score (nSPS) is 25.4. The van der Waals surface area contributed by atoms with Crippen LogP contribution in [0.4, 0.5) is 14.6 Å². The minimum absolute atomic E-state index is 0.0230. The molecule has 3 aliphatic carbocycles. The number of rotatable bonds is 4. The Hall–Kier alpha value is -3.43. The number of anilines is 1. The number of carbonyl (C=O) groups is 1. The maximum absolute atomic E-state index is 14.5. The van der Waals surface area contributed by atoms with Crippen LogP contribution in [-0.2, 0) is 4.79 Å². The fourth-order valence-corrected chi connectivity index (χ4v) is 4.32. The predicted molar refractivity (Wildman–Crippen MR) is 98.7 cm³/mol. The van der Waals surface area contributed by atoms with Gasteiger partial charge < -0.3 is 10.4 Å². The van der Waals surface area contributed by atoms with E-state index in [2.05, 4.69) is 30.5 Å². The Balaban J connectivity index is 1.52. The van der Waals surface area contributed by atoms with E-state index in [9.17, 15) is 18.7 Å². The van der Waals surface area contributed by atoms with Crippen LogP contribution in [0.1, 0.15) is 12.8 Å². The number of H-pyrrole nitrogens is 1. The summed E-state index contributed by atoms with van der Waals surface area (Å²) in [5.41, 5.74) is 0.583. The summed E-state index contributed by atoms with van der Waals surface area (Å²) in [5, 5.41) is 19.7. The number of hydrogen-bond acceptors (Lipinski definition) is 6. The second-order valence-corrected chi connectivity index (χ2v) is 7.34. The average Bonchev–Trinajstić information content (AvgIpc) is 3.13. The van der Waals surface area contributed by atoms with E-state index < -0.39 is 29.6 Å². The third kappa shape index (κ3) is 2.91. The minimum Gasteiger partial charge on any atom is -0.481 e. The molecule has 0 aliphatic heterocycles. The molecule has 2 bridgehead atoms. The summed E-state index contributed by atoms with van der Waals surface area (Å²) < 4.78 is 28.1. The number of carboxylic acid groups (broad SMARTS) is 1. The highest BCUT2D eigenvalue weighted by molar-refractivity contribution is 5.88. The first-order valence-corrected chi connectivity index (χ1v) is 9.21. The number of halogens is 2. The molecular formula is C19H16F2N6O2. The minimum atomic E-state index is -0.919. The molecule has 8 nitrogen and oxygen atoms in total. The van der Waals surface area contributed by atoms with Crippen LogP contribution in [0, 0.1) is 29.4 Å². The van der Waals surface area contributed by atoms with E-state index in [0.29, 0.717) is 11.1 Å². The van der Waals surface area contributed by atoms with Gasteiger partial charge in [0.1, 0.15) is 11.5 Å². The lowest BCUT2D eigenvalue weighted by atomic mass is 9.66. The van der Waals surface area contributed by atoms with Crippen LogP contribution >= 0.6 is 0 Å². The van der Waals surface area contributed by atoms with Crippen molar-refractivity contribution in [3.63, 3.8) is 0 Å². The van der Waals surface area contributed by atoms with E-state index in [-0.39, 0.29) is 29.1 Å². The zero-order valence-electron chi connectivity index (χ0n) is 15.0. The first kappa shape index (κ1) is 17.7. The van der Waals surface area contributed by atoms with Gasteiger partial charge in [-0.15, -0.1) is 0 Å². The zero-order chi connectivity index (χ0) is 20.1. The Morgan fingerprint density at radius 1 is 1.17 bits per heavy atom. The standard InChI is InChI=1S/C19H16F2N6O2/c20-10-5-11-15(26-27-16(11)22-6-10)18-23-7-12(21)17(25-18)24-14-9-3-1-8(2-4-9)13(14)19(28)29/h1,3,5-9,13-14H,2,4H2,(H,28,29)(H,22,26,27)(H,23,24,25)/t8?,9?,13-,14-/m0/s1. The molecule has 3 heterocycles. The van der Waals surface area contributed by atoms with Crippen molar-refractivity contribution in [2.24, 2.45) is 17.8 Å². The molecule has 0 saturated heterocycles. The SMILES string of the molecule is O=C(O)[C@H]1C2C=CC(CC2)[C@@H]1Nc1nc(-c2[nH]nc3ncc(F)cc23)ncc1F. The molecule has 0 radical (unpaired) electrons. The summed E-state index contributed by atoms with van der Waals surface area (Å²) in [7, 11) is 0. The summed E-state index contributed by atoms with van der Waals surface area (Å²) in [6.07, 6.45) is 7.60. The Labute approximate surface area is 163 Å². The van der Waals surface area contributed by atoms with Crippen molar-refractivity contribution in [2.45, 2.75) is 18.9 Å². The number of carboxylic acids is 1. The van der Waals surface area contributed by atoms with Crippen molar-refractivity contribution < 1.29 is 18.7 Å². The number of aliphatic carboxylic acids is 1. The molecule has 4 atom stereocenters. The third-order valence-corrected chi connectivity index (χ3v) is 5.68. The molecule has 3 aliphatic rings. The molecular weight excluding hydrogens is 382 g/mol. The fraction of sp³-hybridized carbons (Fsp3) is 0.316. The largest absolute Gasteiger partial charge is 0.481 e. The second kappa shape index (κ2) is 6.57. The number of hydrogen-bond donors (Lipinski definition) is 3. The average molecular weight is 398 g/mol. The van der Waals surface area contributed by atoms with Crippen molar-refractivity contribution in [3.05, 3.63) is 42.2 Å². The summed E-state index contributed by atoms with van der Waals surface area (Å²) >= 11 is 0. The molecule has 3 aromatic rings. The summed E-state index contributed by atoms with van der Waals surface area (Å²) in [5.74, 6) is -2.94. The third-order valence-electron chi connectivity index (χ3n) is 5.68. The summed E-state index contributed by atoms with van der Waals surface area (Å²) in [6, 6.07) is 0.762. The van der Waals surface area contributed by atoms with Crippen LogP contribution < -0.4 is 5.32 Å². The van der Waals surface area contributed by atoms with Gasteiger partial charge in [0.25, 0.3) is 0 Å². The van der Waals surface area contributed by atoms with Gasteiger partial charge in [-0.2, -0.15) is 5.10 Å². The zero-order valence-corrected chi connectivity index (χ0v) is 15.0. The van der Waals surface area contributed by atoms with Gasteiger partial charge in [0, 0.05) is 6.04 Å². The number of allylic oxidation sites excluding steroid dienone is 1. The highest BCUT2D eigenvalue weighted by atomic mass is 19.1. The van der Waals surface area contributed by atoms with Gasteiger partial charge in [-0.1, -0.05) is 12.2 Å². The lowest BCUT2D eigenvalue weighted by Gasteiger charge is -2.43. The van der Waals surface area contributed by atoms with Crippen LogP contribution in [0.25, 0.3) is 22.6 Å². The smallest absolute Gasteiger partial charge is 0.309 e. The number of pyridine rings is 1. The molecule has 148 valence electrons. The highest BCUT2D eigenvalue weighted by Crippen LogP contribution is 2.42. The summed E-state index contributed by atoms with van der Waals surface area (Å²) in [6.45, 7) is 0. The number of fused-ring (bicyclic) bond motifs is 3. The Morgan fingerprint density at radius 2 is 1.97 bits per heavy atom. The number of aromatic nitrogens is 5. The van der Waals surface area contributed by atoms with Gasteiger partial charge in [-0.3, -0.25) is 9.89 Å². The molecule has 1 fully saturated rings. The molecule has 0 spiro atoms. The quantitative estimate of drug-likeness (QED) is 0.579. The van der Waals surface area contributed by atoms with Crippen LogP contribution in [0.3, 0.4) is 0 Å². The number of nitrogens with one attached hydrogen (secondary N) is 2. The van der Waals surface area contributed by atoms with Crippen molar-refractivity contribution >= 4 is 22.8 Å².